The highest BCUT2D eigenvalue weighted by molar-refractivity contribution is 7.89. The summed E-state index contributed by atoms with van der Waals surface area (Å²) < 4.78 is 46.6. The number of primary sulfonamides is 1. The van der Waals surface area contributed by atoms with E-state index in [1.807, 2.05) is 0 Å². The maximum Gasteiger partial charge on any atom is 0.257 e. The van der Waals surface area contributed by atoms with Crippen LogP contribution in [-0.4, -0.2) is 64.1 Å². The second kappa shape index (κ2) is 9.75. The largest absolute Gasteiger partial charge is 0.354 e. The zero-order valence-corrected chi connectivity index (χ0v) is 18.6. The molecule has 33 heavy (non-hydrogen) atoms. The quantitative estimate of drug-likeness (QED) is 0.438. The van der Waals surface area contributed by atoms with Crippen molar-refractivity contribution in [2.75, 3.05) is 25.7 Å². The molecule has 3 rings (SSSR count). The monoisotopic (exact) mass is 479 g/mol. The molecule has 10 nitrogen and oxygen atoms in total. The smallest absolute Gasteiger partial charge is 0.257 e. The van der Waals surface area contributed by atoms with E-state index in [0.717, 1.165) is 21.9 Å². The second-order valence-corrected chi connectivity index (χ2v) is 8.75. The van der Waals surface area contributed by atoms with Gasteiger partial charge in [0, 0.05) is 19.8 Å². The first-order chi connectivity index (χ1) is 15.6. The summed E-state index contributed by atoms with van der Waals surface area (Å²) in [6, 6.07) is 8.47. The Labute approximate surface area is 189 Å². The number of nitrogens with zero attached hydrogens (tertiary/aromatic N) is 2. The fourth-order valence-electron chi connectivity index (χ4n) is 3.43. The van der Waals surface area contributed by atoms with Crippen LogP contribution in [-0.2, 0) is 29.1 Å². The number of methoxy groups -OCH3 is 2. The third-order valence-electron chi connectivity index (χ3n) is 5.15. The first-order valence-electron chi connectivity index (χ1n) is 9.68. The molecule has 1 aliphatic heterocycles. The summed E-state index contributed by atoms with van der Waals surface area (Å²) in [5, 5.41) is 5.08. The van der Waals surface area contributed by atoms with E-state index in [-0.39, 0.29) is 29.1 Å². The summed E-state index contributed by atoms with van der Waals surface area (Å²) >= 11 is 0. The van der Waals surface area contributed by atoms with Gasteiger partial charge in [0.15, 0.2) is 6.29 Å². The van der Waals surface area contributed by atoms with E-state index < -0.39 is 45.9 Å². The Bertz CT molecular complexity index is 1150. The standard InChI is InChI=1S/C21H22FN3O7S/c1-31-19(32-2)12-24(20(27)13-3-5-14(22)6-4-13)17-11-18(26)25(21(17)28)15-7-9-16(10-8-15)33(23,29)30/h3-10,17,19H,11-12H2,1-2H3,(H2,23,29,30). The topological polar surface area (TPSA) is 136 Å². The summed E-state index contributed by atoms with van der Waals surface area (Å²) in [6.45, 7) is -0.176. The molecular weight excluding hydrogens is 457 g/mol. The first-order valence-corrected chi connectivity index (χ1v) is 11.2. The lowest BCUT2D eigenvalue weighted by Crippen LogP contribution is -2.49. The third kappa shape index (κ3) is 5.25. The van der Waals surface area contributed by atoms with E-state index in [4.69, 9.17) is 14.6 Å². The lowest BCUT2D eigenvalue weighted by Gasteiger charge is -2.30. The Balaban J connectivity index is 1.93. The molecule has 1 unspecified atom stereocenters. The van der Waals surface area contributed by atoms with Crippen molar-refractivity contribution < 1.29 is 36.7 Å². The van der Waals surface area contributed by atoms with Crippen LogP contribution in [0.3, 0.4) is 0 Å². The van der Waals surface area contributed by atoms with Gasteiger partial charge in [-0.05, 0) is 48.5 Å². The van der Waals surface area contributed by atoms with Crippen LogP contribution in [0.25, 0.3) is 0 Å². The van der Waals surface area contributed by atoms with Gasteiger partial charge in [0.25, 0.3) is 11.8 Å². The molecule has 1 saturated heterocycles. The Morgan fingerprint density at radius 3 is 2.21 bits per heavy atom. The van der Waals surface area contributed by atoms with Crippen molar-refractivity contribution in [2.45, 2.75) is 23.6 Å². The average molecular weight is 479 g/mol. The second-order valence-electron chi connectivity index (χ2n) is 7.19. The zero-order chi connectivity index (χ0) is 24.3. The molecular formula is C21H22FN3O7S. The van der Waals surface area contributed by atoms with Crippen LogP contribution in [0.15, 0.2) is 53.4 Å². The van der Waals surface area contributed by atoms with Crippen molar-refractivity contribution in [3.8, 4) is 0 Å². The normalized spacial score (nSPS) is 16.5. The van der Waals surface area contributed by atoms with Gasteiger partial charge in [0.05, 0.1) is 23.5 Å². The number of hydrogen-bond acceptors (Lipinski definition) is 7. The van der Waals surface area contributed by atoms with Gasteiger partial charge >= 0.3 is 0 Å². The third-order valence-corrected chi connectivity index (χ3v) is 6.08. The van der Waals surface area contributed by atoms with E-state index in [1.54, 1.807) is 0 Å². The van der Waals surface area contributed by atoms with Crippen molar-refractivity contribution in [2.24, 2.45) is 5.14 Å². The summed E-state index contributed by atoms with van der Waals surface area (Å²) in [6.07, 6.45) is -1.21. The lowest BCUT2D eigenvalue weighted by molar-refractivity contribution is -0.128. The van der Waals surface area contributed by atoms with Crippen LogP contribution >= 0.6 is 0 Å². The van der Waals surface area contributed by atoms with Gasteiger partial charge in [-0.25, -0.2) is 22.8 Å². The minimum atomic E-state index is -3.95. The average Bonchev–Trinajstić information content (AvgIpc) is 3.08. The van der Waals surface area contributed by atoms with Crippen molar-refractivity contribution in [1.29, 1.82) is 0 Å². The zero-order valence-electron chi connectivity index (χ0n) is 17.8. The molecule has 1 heterocycles. The molecule has 2 aromatic rings. The number of carbonyl (C=O) groups excluding carboxylic acids is 3. The highest BCUT2D eigenvalue weighted by atomic mass is 32.2. The number of hydrogen-bond donors (Lipinski definition) is 1. The van der Waals surface area contributed by atoms with Gasteiger partial charge in [0.1, 0.15) is 11.9 Å². The van der Waals surface area contributed by atoms with Crippen LogP contribution in [0.5, 0.6) is 0 Å². The summed E-state index contributed by atoms with van der Waals surface area (Å²) in [4.78, 5) is 41.0. The molecule has 0 aromatic heterocycles. The fraction of sp³-hybridized carbons (Fsp3) is 0.286. The van der Waals surface area contributed by atoms with Gasteiger partial charge in [0.2, 0.25) is 15.9 Å². The van der Waals surface area contributed by atoms with Gasteiger partial charge in [-0.15, -0.1) is 0 Å². The van der Waals surface area contributed by atoms with Crippen LogP contribution in [0.4, 0.5) is 10.1 Å². The molecule has 2 N–H and O–H groups in total. The molecule has 0 saturated carbocycles. The molecule has 1 aliphatic rings. The molecule has 176 valence electrons. The number of benzene rings is 2. The Morgan fingerprint density at radius 2 is 1.70 bits per heavy atom. The Kier molecular flexibility index (Phi) is 7.22. The molecule has 0 spiro atoms. The number of rotatable bonds is 8. The van der Waals surface area contributed by atoms with E-state index >= 15 is 0 Å². The minimum absolute atomic E-state index is 0.110. The molecule has 12 heteroatoms. The van der Waals surface area contributed by atoms with Crippen LogP contribution in [0.2, 0.25) is 0 Å². The number of sulfonamides is 1. The van der Waals surface area contributed by atoms with Crippen LogP contribution in [0.1, 0.15) is 16.8 Å². The number of anilines is 1. The number of nitrogens with two attached hydrogens (primary N) is 1. The van der Waals surface area contributed by atoms with Crippen molar-refractivity contribution in [3.63, 3.8) is 0 Å². The molecule has 1 fully saturated rings. The Hall–Kier alpha value is -3.19. The Morgan fingerprint density at radius 1 is 1.12 bits per heavy atom. The summed E-state index contributed by atoms with van der Waals surface area (Å²) in [7, 11) is -1.24. The molecule has 1 atom stereocenters. The molecule has 2 aromatic carbocycles. The SMILES string of the molecule is COC(CN(C(=O)c1ccc(F)cc1)C1CC(=O)N(c2ccc(S(N)(=O)=O)cc2)C1=O)OC. The van der Waals surface area contributed by atoms with E-state index in [0.29, 0.717) is 0 Å². The van der Waals surface area contributed by atoms with Crippen LogP contribution in [0, 0.1) is 5.82 Å². The maximum absolute atomic E-state index is 13.3. The van der Waals surface area contributed by atoms with Gasteiger partial charge in [-0.1, -0.05) is 0 Å². The van der Waals surface area contributed by atoms with E-state index in [1.165, 1.54) is 50.6 Å². The van der Waals surface area contributed by atoms with Gasteiger partial charge in [-0.3, -0.25) is 14.4 Å². The van der Waals surface area contributed by atoms with Crippen molar-refractivity contribution in [1.82, 2.24) is 4.90 Å². The number of halogens is 1. The molecule has 3 amide bonds. The predicted octanol–water partition coefficient (Wildman–Crippen LogP) is 0.866. The fourth-order valence-corrected chi connectivity index (χ4v) is 3.95. The highest BCUT2D eigenvalue weighted by Crippen LogP contribution is 2.28. The summed E-state index contributed by atoms with van der Waals surface area (Å²) in [5.41, 5.74) is 0.239. The van der Waals surface area contributed by atoms with Crippen molar-refractivity contribution in [3.05, 3.63) is 59.9 Å². The molecule has 0 radical (unpaired) electrons. The minimum Gasteiger partial charge on any atom is -0.354 e. The number of imide groups is 1. The van der Waals surface area contributed by atoms with Crippen LogP contribution < -0.4 is 10.0 Å². The van der Waals surface area contributed by atoms with E-state index in [2.05, 4.69) is 0 Å². The lowest BCUT2D eigenvalue weighted by atomic mass is 10.1. The first kappa shape index (κ1) is 24.5. The number of ether oxygens (including phenoxy) is 2. The maximum atomic E-state index is 13.3. The van der Waals surface area contributed by atoms with Crippen molar-refractivity contribution >= 4 is 33.4 Å². The van der Waals surface area contributed by atoms with E-state index in [9.17, 15) is 27.2 Å². The number of amides is 3. The molecule has 0 bridgehead atoms. The highest BCUT2D eigenvalue weighted by Gasteiger charge is 2.45. The summed E-state index contributed by atoms with van der Waals surface area (Å²) in [5.74, 6) is -2.43. The van der Waals surface area contributed by atoms with Gasteiger partial charge < -0.3 is 14.4 Å². The number of carbonyl (C=O) groups is 3. The van der Waals surface area contributed by atoms with Gasteiger partial charge in [-0.2, -0.15) is 0 Å². The molecule has 0 aliphatic carbocycles. The predicted molar refractivity (Wildman–Crippen MR) is 114 cm³/mol.